The standard InChI is InChI=1S/C59H98N4O42/c1-14-31(75)37(81)40(84)54(92-14)99-44-24(11-67)98-53(30(63-19(6)72)49(44)103-56-42(86)39(83)34(78)22(9-65)95-56)104-50-35(79)23(10-66)96-57(43(50)87)100-45-25(12-68)97-52(29(62-18(5)71)48(45)102-55-41(85)38(82)32(76)15(2)93-55)101-46-28(61-17(4)70)51(88)94-26(36(46)80)13-91-59(58(89)90)7-20(73)27(60-16(3)69)47(105-59)33(77)21(74)8-64/h14-15,20-57,64-68,73-88H,7-13H2,1-6H3,(H,60,69)(H,61,70)(H,62,71)(H,63,72)(H,89,90)/t14-,15-,20-,21+,22+,23+,24+,25+,26+,27+,28+,29+,30+,31+,32+,33+,34-,35-,36-,37+,38+,39-,40-,41-,42+,43+,44+,45+,46+,47+,48+,49+,50-,51-,52-,53-,54-,55-,56-,57-,59+/m0/s1. The molecule has 26 N–H and O–H groups in total. The van der Waals surface area contributed by atoms with E-state index in [1.165, 1.54) is 13.8 Å². The average molecular weight is 1540 g/mol. The largest absolute Gasteiger partial charge is 0.477 e. The molecule has 8 saturated heterocycles. The van der Waals surface area contributed by atoms with Gasteiger partial charge in [0.05, 0.1) is 64.0 Å². The number of carboxylic acids is 1. The molecule has 41 atom stereocenters. The minimum atomic E-state index is -3.09. The van der Waals surface area contributed by atoms with Crippen molar-refractivity contribution in [3.63, 3.8) is 0 Å². The van der Waals surface area contributed by atoms with Crippen LogP contribution in [0.25, 0.3) is 0 Å². The van der Waals surface area contributed by atoms with Gasteiger partial charge < -0.3 is 205 Å². The summed E-state index contributed by atoms with van der Waals surface area (Å²) in [5.74, 6) is -8.90. The Kier molecular flexibility index (Phi) is 30.3. The summed E-state index contributed by atoms with van der Waals surface area (Å²) in [4.78, 5) is 65.0. The molecule has 8 rings (SSSR count). The Labute approximate surface area is 595 Å². The fourth-order valence-electron chi connectivity index (χ4n) is 13.6. The third-order valence-corrected chi connectivity index (χ3v) is 19.2. The van der Waals surface area contributed by atoms with E-state index in [2.05, 4.69) is 21.3 Å². The molecule has 46 nitrogen and oxygen atoms in total. The Hall–Kier alpha value is -4.09. The number of ether oxygens (including phenoxy) is 15. The summed E-state index contributed by atoms with van der Waals surface area (Å²) < 4.78 is 89.9. The van der Waals surface area contributed by atoms with Crippen LogP contribution in [-0.2, 0) is 95.0 Å². The first-order valence-electron chi connectivity index (χ1n) is 33.5. The Bertz CT molecular complexity index is 2830. The lowest BCUT2D eigenvalue weighted by molar-refractivity contribution is -0.396. The minimum absolute atomic E-state index is 0.834. The molecule has 0 unspecified atom stereocenters. The number of amides is 4. The number of hydrogen-bond acceptors (Lipinski definition) is 41. The van der Waals surface area contributed by atoms with Crippen LogP contribution in [0.2, 0.25) is 0 Å². The molecule has 0 aromatic rings. The van der Waals surface area contributed by atoms with Crippen molar-refractivity contribution in [1.29, 1.82) is 0 Å². The van der Waals surface area contributed by atoms with Crippen LogP contribution >= 0.6 is 0 Å². The second-order valence-corrected chi connectivity index (χ2v) is 26.7. The van der Waals surface area contributed by atoms with E-state index in [1.54, 1.807) is 0 Å². The van der Waals surface area contributed by atoms with Gasteiger partial charge in [-0.05, 0) is 13.8 Å². The maximum absolute atomic E-state index is 13.5. The van der Waals surface area contributed by atoms with Crippen molar-refractivity contribution in [3.05, 3.63) is 0 Å². The molecular weight excluding hydrogens is 1440 g/mol. The van der Waals surface area contributed by atoms with Crippen molar-refractivity contribution in [2.24, 2.45) is 0 Å². The monoisotopic (exact) mass is 1530 g/mol. The smallest absolute Gasteiger partial charge is 0.364 e. The first-order valence-corrected chi connectivity index (χ1v) is 33.5. The fourth-order valence-corrected chi connectivity index (χ4v) is 13.6. The van der Waals surface area contributed by atoms with Crippen LogP contribution in [0.4, 0.5) is 0 Å². The van der Waals surface area contributed by atoms with Crippen LogP contribution in [-0.4, -0.2) is 433 Å². The van der Waals surface area contributed by atoms with Gasteiger partial charge in [0.1, 0.15) is 177 Å². The highest BCUT2D eigenvalue weighted by molar-refractivity contribution is 5.77. The topological polar surface area (TPSA) is 717 Å². The van der Waals surface area contributed by atoms with E-state index in [0.29, 0.717) is 0 Å². The van der Waals surface area contributed by atoms with Gasteiger partial charge in [-0.2, -0.15) is 0 Å². The molecule has 0 aliphatic carbocycles. The van der Waals surface area contributed by atoms with E-state index in [-0.39, 0.29) is 0 Å². The Morgan fingerprint density at radius 2 is 0.762 bits per heavy atom. The Morgan fingerprint density at radius 3 is 1.19 bits per heavy atom. The summed E-state index contributed by atoms with van der Waals surface area (Å²) in [5, 5.41) is 252. The summed E-state index contributed by atoms with van der Waals surface area (Å²) >= 11 is 0. The predicted molar refractivity (Wildman–Crippen MR) is 325 cm³/mol. The molecular formula is C59H98N4O42. The van der Waals surface area contributed by atoms with E-state index in [9.17, 15) is 136 Å². The summed E-state index contributed by atoms with van der Waals surface area (Å²) in [5.41, 5.74) is 0. The minimum Gasteiger partial charge on any atom is -0.477 e. The molecule has 0 saturated carbocycles. The van der Waals surface area contributed by atoms with Crippen LogP contribution in [0.5, 0.6) is 0 Å². The number of aliphatic hydroxyl groups excluding tert-OH is 21. The molecule has 105 heavy (non-hydrogen) atoms. The zero-order chi connectivity index (χ0) is 77.9. The zero-order valence-corrected chi connectivity index (χ0v) is 57.0. The molecule has 0 aromatic heterocycles. The number of nitrogens with one attached hydrogen (secondary N) is 4. The summed E-state index contributed by atoms with van der Waals surface area (Å²) in [7, 11) is 0. The lowest BCUT2D eigenvalue weighted by Gasteiger charge is -2.52. The number of aliphatic hydroxyl groups is 21. The van der Waals surface area contributed by atoms with Gasteiger partial charge in [-0.15, -0.1) is 0 Å². The summed E-state index contributed by atoms with van der Waals surface area (Å²) in [6.07, 6.45) is -75.1. The molecule has 606 valence electrons. The molecule has 0 radical (unpaired) electrons. The Balaban J connectivity index is 1.15. The highest BCUT2D eigenvalue weighted by Gasteiger charge is 2.62. The maximum Gasteiger partial charge on any atom is 0.364 e. The number of rotatable bonds is 27. The summed E-state index contributed by atoms with van der Waals surface area (Å²) in [6.45, 7) is -0.741. The van der Waals surface area contributed by atoms with Gasteiger partial charge in [-0.3, -0.25) is 19.2 Å². The van der Waals surface area contributed by atoms with Crippen LogP contribution in [0.3, 0.4) is 0 Å². The first-order chi connectivity index (χ1) is 49.4. The van der Waals surface area contributed by atoms with Crippen molar-refractivity contribution in [3.8, 4) is 0 Å². The van der Waals surface area contributed by atoms with Gasteiger partial charge in [0.2, 0.25) is 23.6 Å². The average Bonchev–Trinajstić information content (AvgIpc) is 0.764. The van der Waals surface area contributed by atoms with E-state index in [0.717, 1.165) is 27.7 Å². The molecule has 8 fully saturated rings. The van der Waals surface area contributed by atoms with Gasteiger partial charge in [-0.25, -0.2) is 4.79 Å². The number of carbonyl (C=O) groups is 5. The molecule has 0 spiro atoms. The molecule has 0 bridgehead atoms. The molecule has 8 aliphatic heterocycles. The lowest BCUT2D eigenvalue weighted by atomic mass is 9.88. The number of carboxylic acid groups (broad SMARTS) is 1. The van der Waals surface area contributed by atoms with Crippen LogP contribution in [0.1, 0.15) is 48.0 Å². The van der Waals surface area contributed by atoms with Gasteiger partial charge >= 0.3 is 5.97 Å². The SMILES string of the molecule is CC(=O)N[C@@H]1[C@@H](O[C@@H]2O[C@H](CO)[C@@H](O[C@@H]3O[C@H](CO)[C@H](O)[C@H](O[C@@H]4O[C@H](CO)[C@@H](O[C@@H]5O[C@@H](C)[C@@H](O)[C@@H](O)[C@@H]5O)[C@H](O[C@@H]5O[C@H](CO)[C@H](O)[C@H](O)[C@H]5O)[C@H]4NC(C)=O)[C@H]3O)[C@H](O[C@@H]3O[C@@H](C)[C@@H](O)[C@@H](O)[C@@H]3O)[C@H]2NC(C)=O)[C@@H](O)[C@@H](CO[C@]2(C(=O)O)C[C@H](O)[C@@H](NC(C)=O)[C@H]([C@H](O)[C@H](O)CO)O2)O[C@@H]1O. The number of aliphatic carboxylic acids is 1. The molecule has 8 aliphatic rings. The molecule has 4 amide bonds. The normalized spacial score (nSPS) is 47.5. The van der Waals surface area contributed by atoms with Crippen molar-refractivity contribution in [2.45, 2.75) is 299 Å². The van der Waals surface area contributed by atoms with Gasteiger partial charge in [-0.1, -0.05) is 0 Å². The first kappa shape index (κ1) is 86.5. The second-order valence-electron chi connectivity index (χ2n) is 26.7. The van der Waals surface area contributed by atoms with Crippen molar-refractivity contribution in [1.82, 2.24) is 21.3 Å². The van der Waals surface area contributed by atoms with Gasteiger partial charge in [0, 0.05) is 34.1 Å². The van der Waals surface area contributed by atoms with Crippen molar-refractivity contribution < 1.29 is 207 Å². The van der Waals surface area contributed by atoms with Crippen LogP contribution in [0.15, 0.2) is 0 Å². The highest BCUT2D eigenvalue weighted by atomic mass is 16.8. The van der Waals surface area contributed by atoms with Crippen LogP contribution < -0.4 is 21.3 Å². The van der Waals surface area contributed by atoms with Crippen molar-refractivity contribution >= 4 is 29.6 Å². The second kappa shape index (κ2) is 36.8. The number of hydrogen-bond donors (Lipinski definition) is 26. The van der Waals surface area contributed by atoms with E-state index in [1.807, 2.05) is 0 Å². The van der Waals surface area contributed by atoms with E-state index >= 15 is 0 Å². The van der Waals surface area contributed by atoms with E-state index < -0.39 is 327 Å². The zero-order valence-electron chi connectivity index (χ0n) is 57.0. The lowest BCUT2D eigenvalue weighted by Crippen LogP contribution is -2.72. The maximum atomic E-state index is 13.5. The highest BCUT2D eigenvalue weighted by Crippen LogP contribution is 2.41. The molecule has 0 aromatic carbocycles. The van der Waals surface area contributed by atoms with Crippen LogP contribution in [0, 0.1) is 0 Å². The predicted octanol–water partition coefficient (Wildman–Crippen LogP) is -16.6. The number of carbonyl (C=O) groups excluding carboxylic acids is 4. The van der Waals surface area contributed by atoms with E-state index in [4.69, 9.17) is 71.1 Å². The third kappa shape index (κ3) is 19.1. The summed E-state index contributed by atoms with van der Waals surface area (Å²) in [6, 6.07) is -7.64. The third-order valence-electron chi connectivity index (χ3n) is 19.2. The molecule has 8 heterocycles. The fraction of sp³-hybridized carbons (Fsp3) is 0.915. The molecule has 46 heteroatoms. The van der Waals surface area contributed by atoms with Gasteiger partial charge in [0.25, 0.3) is 5.79 Å². The van der Waals surface area contributed by atoms with Gasteiger partial charge in [0.15, 0.2) is 44.0 Å². The Morgan fingerprint density at radius 1 is 0.400 bits per heavy atom. The quantitative estimate of drug-likeness (QED) is 0.0363. The van der Waals surface area contributed by atoms with Crippen molar-refractivity contribution in [2.75, 3.05) is 39.6 Å².